The van der Waals surface area contributed by atoms with E-state index in [1.807, 2.05) is 0 Å². The normalized spacial score (nSPS) is 9.39. The predicted octanol–water partition coefficient (Wildman–Crippen LogP) is 1.60. The van der Waals surface area contributed by atoms with Crippen molar-refractivity contribution in [2.45, 2.75) is 84.0 Å². The Kier molecular flexibility index (Phi) is 24.9. The van der Waals surface area contributed by atoms with Crippen molar-refractivity contribution in [3.63, 3.8) is 0 Å². The van der Waals surface area contributed by atoms with E-state index >= 15 is 0 Å². The Balaban J connectivity index is -0.00000112. The quantitative estimate of drug-likeness (QED) is 0.424. The molecule has 0 amide bonds. The van der Waals surface area contributed by atoms with E-state index in [-0.39, 0.29) is 24.3 Å². The number of hydrogen-bond donors (Lipinski definition) is 1. The van der Waals surface area contributed by atoms with Gasteiger partial charge in [-0.2, -0.15) is 0 Å². The van der Waals surface area contributed by atoms with Gasteiger partial charge in [-0.3, -0.25) is 4.79 Å². The Morgan fingerprint density at radius 1 is 0.778 bits per heavy atom. The molecule has 0 aromatic carbocycles. The molecule has 0 rings (SSSR count). The molecular formula is C14H29LiO3. The molecule has 0 aromatic heterocycles. The molecule has 0 spiro atoms. The topological polar surface area (TPSA) is 67.3 Å². The van der Waals surface area contributed by atoms with Gasteiger partial charge in [0.05, 0.1) is 0 Å². The molecule has 0 saturated carbocycles. The summed E-state index contributed by atoms with van der Waals surface area (Å²) in [6.45, 7) is 2.25. The molecule has 0 aliphatic rings. The molecule has 4 heteroatoms. The van der Waals surface area contributed by atoms with Gasteiger partial charge in [0.25, 0.3) is 0 Å². The van der Waals surface area contributed by atoms with Crippen molar-refractivity contribution in [1.82, 2.24) is 0 Å². The number of aliphatic carboxylic acids is 1. The predicted molar refractivity (Wildman–Crippen MR) is 70.6 cm³/mol. The molecule has 0 bridgehead atoms. The first-order valence-corrected chi connectivity index (χ1v) is 6.99. The molecule has 0 atom stereocenters. The first-order chi connectivity index (χ1) is 7.77. The number of carbonyl (C=O) groups is 1. The number of rotatable bonds is 12. The first kappa shape index (κ1) is 23.1. The number of carboxylic acids is 1. The Morgan fingerprint density at radius 2 is 1.11 bits per heavy atom. The van der Waals surface area contributed by atoms with E-state index in [1.54, 1.807) is 0 Å². The third-order valence-electron chi connectivity index (χ3n) is 2.99. The minimum absolute atomic E-state index is 0. The van der Waals surface area contributed by atoms with Crippen LogP contribution >= 0.6 is 0 Å². The SMILES string of the molecule is CCCCCCCCCCCCCC(=O)O.[Li+].[OH-]. The van der Waals surface area contributed by atoms with Gasteiger partial charge in [-0.05, 0) is 6.42 Å². The fraction of sp³-hybridized carbons (Fsp3) is 0.929. The maximum atomic E-state index is 10.3. The summed E-state index contributed by atoms with van der Waals surface area (Å²) in [6.07, 6.45) is 14.4. The standard InChI is InChI=1S/C14H28O2.Li.H2O/c1-2-3-4-5-6-7-8-9-10-11-12-13-14(15)16;;/h2-13H2,1H3,(H,15,16);;1H2/q;+1;/p-1. The van der Waals surface area contributed by atoms with Gasteiger partial charge >= 0.3 is 24.8 Å². The van der Waals surface area contributed by atoms with Gasteiger partial charge in [0.2, 0.25) is 0 Å². The summed E-state index contributed by atoms with van der Waals surface area (Å²) in [5.74, 6) is -0.657. The molecule has 0 unspecified atom stereocenters. The minimum atomic E-state index is -0.657. The smallest absolute Gasteiger partial charge is 0.870 e. The fourth-order valence-electron chi connectivity index (χ4n) is 1.94. The Labute approximate surface area is 124 Å². The van der Waals surface area contributed by atoms with Crippen LogP contribution in [-0.2, 0) is 4.79 Å². The second-order valence-electron chi connectivity index (χ2n) is 4.68. The molecule has 3 nitrogen and oxygen atoms in total. The van der Waals surface area contributed by atoms with E-state index in [1.165, 1.54) is 57.8 Å². The van der Waals surface area contributed by atoms with E-state index < -0.39 is 5.97 Å². The Morgan fingerprint density at radius 3 is 1.44 bits per heavy atom. The molecule has 0 aliphatic heterocycles. The zero-order chi connectivity index (χ0) is 12.1. The summed E-state index contributed by atoms with van der Waals surface area (Å²) in [6, 6.07) is 0. The maximum absolute atomic E-state index is 10.3. The summed E-state index contributed by atoms with van der Waals surface area (Å²) in [5, 5.41) is 8.46. The van der Waals surface area contributed by atoms with Gasteiger partial charge in [-0.15, -0.1) is 0 Å². The van der Waals surface area contributed by atoms with Gasteiger partial charge in [0.15, 0.2) is 0 Å². The van der Waals surface area contributed by atoms with Gasteiger partial charge in [-0.1, -0.05) is 71.1 Å². The second kappa shape index (κ2) is 19.4. The molecule has 18 heavy (non-hydrogen) atoms. The van der Waals surface area contributed by atoms with Gasteiger partial charge < -0.3 is 10.6 Å². The van der Waals surface area contributed by atoms with Crippen LogP contribution in [0.15, 0.2) is 0 Å². The van der Waals surface area contributed by atoms with Crippen molar-refractivity contribution in [3.8, 4) is 0 Å². The summed E-state index contributed by atoms with van der Waals surface area (Å²) in [5.41, 5.74) is 0. The van der Waals surface area contributed by atoms with Crippen LogP contribution in [0.1, 0.15) is 84.0 Å². The molecule has 0 aliphatic carbocycles. The van der Waals surface area contributed by atoms with Gasteiger partial charge in [0, 0.05) is 6.42 Å². The minimum Gasteiger partial charge on any atom is -0.870 e. The van der Waals surface area contributed by atoms with Crippen molar-refractivity contribution in [2.24, 2.45) is 0 Å². The molecule has 0 fully saturated rings. The Bertz CT molecular complexity index is 163. The summed E-state index contributed by atoms with van der Waals surface area (Å²) < 4.78 is 0. The third-order valence-corrected chi connectivity index (χ3v) is 2.99. The average molecular weight is 252 g/mol. The maximum Gasteiger partial charge on any atom is 1.00 e. The summed E-state index contributed by atoms with van der Waals surface area (Å²) in [7, 11) is 0. The number of hydrogen-bond acceptors (Lipinski definition) is 2. The van der Waals surface area contributed by atoms with E-state index in [0.717, 1.165) is 12.8 Å². The van der Waals surface area contributed by atoms with Gasteiger partial charge in [0.1, 0.15) is 0 Å². The molecule has 0 heterocycles. The van der Waals surface area contributed by atoms with Gasteiger partial charge in [-0.25, -0.2) is 0 Å². The fourth-order valence-corrected chi connectivity index (χ4v) is 1.94. The van der Waals surface area contributed by atoms with Crippen molar-refractivity contribution in [1.29, 1.82) is 0 Å². The molecule has 0 radical (unpaired) electrons. The zero-order valence-electron chi connectivity index (χ0n) is 12.3. The third kappa shape index (κ3) is 21.3. The Hall–Kier alpha value is 0.0274. The van der Waals surface area contributed by atoms with E-state index in [4.69, 9.17) is 5.11 Å². The molecular weight excluding hydrogens is 223 g/mol. The van der Waals surface area contributed by atoms with Crippen molar-refractivity contribution >= 4 is 5.97 Å². The van der Waals surface area contributed by atoms with Crippen LogP contribution in [0.4, 0.5) is 0 Å². The van der Waals surface area contributed by atoms with Crippen LogP contribution < -0.4 is 18.9 Å². The zero-order valence-corrected chi connectivity index (χ0v) is 12.3. The van der Waals surface area contributed by atoms with Crippen LogP contribution in [0.5, 0.6) is 0 Å². The number of unbranched alkanes of at least 4 members (excludes halogenated alkanes) is 10. The molecule has 0 saturated heterocycles. The van der Waals surface area contributed by atoms with Crippen LogP contribution in [0.25, 0.3) is 0 Å². The van der Waals surface area contributed by atoms with Crippen LogP contribution in [0, 0.1) is 0 Å². The monoisotopic (exact) mass is 252 g/mol. The second-order valence-corrected chi connectivity index (χ2v) is 4.68. The van der Waals surface area contributed by atoms with Crippen molar-refractivity contribution in [3.05, 3.63) is 0 Å². The van der Waals surface area contributed by atoms with Crippen LogP contribution in [0.3, 0.4) is 0 Å². The molecule has 2 N–H and O–H groups in total. The first-order valence-electron chi connectivity index (χ1n) is 6.99. The van der Waals surface area contributed by atoms with E-state index in [9.17, 15) is 4.79 Å². The van der Waals surface area contributed by atoms with Crippen LogP contribution in [-0.4, -0.2) is 16.6 Å². The van der Waals surface area contributed by atoms with E-state index in [0.29, 0.717) is 6.42 Å². The average Bonchev–Trinajstić information content (AvgIpc) is 2.25. The molecule has 104 valence electrons. The number of carboxylic acid groups (broad SMARTS) is 1. The largest absolute Gasteiger partial charge is 1.00 e. The van der Waals surface area contributed by atoms with Crippen LogP contribution in [0.2, 0.25) is 0 Å². The summed E-state index contributed by atoms with van der Waals surface area (Å²) >= 11 is 0. The molecule has 0 aromatic rings. The summed E-state index contributed by atoms with van der Waals surface area (Å²) in [4.78, 5) is 10.3. The van der Waals surface area contributed by atoms with E-state index in [2.05, 4.69) is 6.92 Å². The van der Waals surface area contributed by atoms with Crippen molar-refractivity contribution in [2.75, 3.05) is 0 Å². The van der Waals surface area contributed by atoms with Crippen molar-refractivity contribution < 1.29 is 34.2 Å².